The molecular weight excluding hydrogens is 478 g/mol. The van der Waals surface area contributed by atoms with Gasteiger partial charge in [-0.3, -0.25) is 14.5 Å². The summed E-state index contributed by atoms with van der Waals surface area (Å²) in [6, 6.07) is 14.6. The van der Waals surface area contributed by atoms with Crippen molar-refractivity contribution >= 4 is 57.4 Å². The average molecular weight is 506 g/mol. The van der Waals surface area contributed by atoms with Gasteiger partial charge in [-0.25, -0.2) is 9.79 Å². The molecule has 9 heteroatoms. The molecule has 0 aliphatic carbocycles. The summed E-state index contributed by atoms with van der Waals surface area (Å²) in [7, 11) is 1.67. The Hall–Kier alpha value is -3.85. The van der Waals surface area contributed by atoms with Crippen molar-refractivity contribution in [2.24, 2.45) is 4.99 Å². The molecule has 1 fully saturated rings. The fraction of sp³-hybridized carbons (Fsp3) is 0.259. The number of carbonyl (C=O) groups excluding carboxylic acids is 3. The molecule has 1 saturated heterocycles. The van der Waals surface area contributed by atoms with Gasteiger partial charge < -0.3 is 14.0 Å². The molecule has 0 radical (unpaired) electrons. The predicted octanol–water partition coefficient (Wildman–Crippen LogP) is 4.92. The van der Waals surface area contributed by atoms with E-state index in [4.69, 9.17) is 9.47 Å². The maximum absolute atomic E-state index is 13.1. The minimum Gasteiger partial charge on any atom is -0.465 e. The molecule has 0 unspecified atom stereocenters. The first-order valence-electron chi connectivity index (χ1n) is 11.6. The van der Waals surface area contributed by atoms with Crippen LogP contribution in [0.3, 0.4) is 0 Å². The summed E-state index contributed by atoms with van der Waals surface area (Å²) >= 11 is 1.26. The average Bonchev–Trinajstić information content (AvgIpc) is 3.28. The molecule has 0 spiro atoms. The summed E-state index contributed by atoms with van der Waals surface area (Å²) < 4.78 is 12.1. The largest absolute Gasteiger partial charge is 0.465 e. The highest BCUT2D eigenvalue weighted by Crippen LogP contribution is 2.36. The van der Waals surface area contributed by atoms with E-state index in [0.29, 0.717) is 27.9 Å². The Balaban J connectivity index is 1.69. The monoisotopic (exact) mass is 505 g/mol. The lowest BCUT2D eigenvalue weighted by Gasteiger charge is -2.08. The molecule has 1 aromatic heterocycles. The fourth-order valence-corrected chi connectivity index (χ4v) is 4.96. The Kier molecular flexibility index (Phi) is 7.59. The molecule has 0 bridgehead atoms. The van der Waals surface area contributed by atoms with Crippen LogP contribution in [0.25, 0.3) is 17.0 Å². The number of ether oxygens (including phenoxy) is 2. The number of hydrogen-bond donors (Lipinski definition) is 0. The molecule has 0 saturated carbocycles. The van der Waals surface area contributed by atoms with Crippen LogP contribution in [0, 0.1) is 6.92 Å². The van der Waals surface area contributed by atoms with Crippen molar-refractivity contribution in [3.63, 3.8) is 0 Å². The van der Waals surface area contributed by atoms with Gasteiger partial charge in [-0.2, -0.15) is 0 Å². The molecule has 2 aromatic carbocycles. The molecule has 1 aliphatic heterocycles. The molecular formula is C27H27N3O5S. The van der Waals surface area contributed by atoms with Crippen molar-refractivity contribution in [3.8, 4) is 0 Å². The lowest BCUT2D eigenvalue weighted by atomic mass is 10.1. The third kappa shape index (κ3) is 5.06. The summed E-state index contributed by atoms with van der Waals surface area (Å²) in [6.07, 6.45) is 1.85. The van der Waals surface area contributed by atoms with Gasteiger partial charge in [0.05, 0.1) is 29.4 Å². The van der Waals surface area contributed by atoms with Crippen molar-refractivity contribution in [1.29, 1.82) is 0 Å². The Morgan fingerprint density at radius 3 is 2.56 bits per heavy atom. The number of carbonyl (C=O) groups is 3. The van der Waals surface area contributed by atoms with Crippen LogP contribution in [0.5, 0.6) is 0 Å². The number of aromatic nitrogens is 1. The molecule has 186 valence electrons. The predicted molar refractivity (Wildman–Crippen MR) is 141 cm³/mol. The van der Waals surface area contributed by atoms with Crippen LogP contribution in [0.2, 0.25) is 0 Å². The standard InChI is InChI=1S/C27H27N3O5S/c1-5-34-24(31)16-30-17(3)21(20-12-7-8-13-22(20)30)15-23-25(32)29(4)27(36-23)28-19-11-9-10-18(14-19)26(33)35-6-2/h7-15H,5-6,16H2,1-4H3. The second kappa shape index (κ2) is 10.8. The zero-order valence-electron chi connectivity index (χ0n) is 20.6. The molecule has 8 nitrogen and oxygen atoms in total. The summed E-state index contributed by atoms with van der Waals surface area (Å²) in [5.74, 6) is -0.911. The normalized spacial score (nSPS) is 15.8. The molecule has 1 amide bonds. The van der Waals surface area contributed by atoms with Gasteiger partial charge in [-0.1, -0.05) is 24.3 Å². The molecule has 0 atom stereocenters. The minimum atomic E-state index is -0.418. The number of hydrogen-bond acceptors (Lipinski definition) is 7. The van der Waals surface area contributed by atoms with E-state index in [1.165, 1.54) is 16.7 Å². The van der Waals surface area contributed by atoms with Crippen LogP contribution in [-0.2, 0) is 25.6 Å². The van der Waals surface area contributed by atoms with E-state index in [9.17, 15) is 14.4 Å². The van der Waals surface area contributed by atoms with E-state index in [0.717, 1.165) is 22.2 Å². The van der Waals surface area contributed by atoms with Gasteiger partial charge in [-0.15, -0.1) is 0 Å². The van der Waals surface area contributed by atoms with Gasteiger partial charge in [0.15, 0.2) is 5.17 Å². The first-order valence-corrected chi connectivity index (χ1v) is 12.4. The van der Waals surface area contributed by atoms with Gasteiger partial charge in [0.25, 0.3) is 5.91 Å². The Morgan fingerprint density at radius 2 is 1.81 bits per heavy atom. The fourth-order valence-electron chi connectivity index (χ4n) is 3.99. The summed E-state index contributed by atoms with van der Waals surface area (Å²) in [6.45, 7) is 6.15. The zero-order valence-corrected chi connectivity index (χ0v) is 21.4. The first-order chi connectivity index (χ1) is 17.3. The molecule has 3 aromatic rings. The van der Waals surface area contributed by atoms with E-state index in [-0.39, 0.29) is 25.0 Å². The molecule has 1 aliphatic rings. The van der Waals surface area contributed by atoms with Crippen molar-refractivity contribution in [3.05, 3.63) is 70.3 Å². The van der Waals surface area contributed by atoms with Crippen LogP contribution in [0.1, 0.15) is 35.5 Å². The number of thioether (sulfide) groups is 1. The van der Waals surface area contributed by atoms with Gasteiger partial charge in [0.2, 0.25) is 0 Å². The number of amides is 1. The van der Waals surface area contributed by atoms with Crippen molar-refractivity contribution in [2.75, 3.05) is 20.3 Å². The minimum absolute atomic E-state index is 0.0911. The van der Waals surface area contributed by atoms with Gasteiger partial charge in [-0.05, 0) is 62.9 Å². The maximum atomic E-state index is 13.1. The van der Waals surface area contributed by atoms with E-state index in [1.807, 2.05) is 41.8 Å². The van der Waals surface area contributed by atoms with E-state index in [1.54, 1.807) is 45.2 Å². The highest BCUT2D eigenvalue weighted by Gasteiger charge is 2.31. The van der Waals surface area contributed by atoms with Crippen LogP contribution in [0.15, 0.2) is 58.4 Å². The lowest BCUT2D eigenvalue weighted by Crippen LogP contribution is -2.23. The van der Waals surface area contributed by atoms with Gasteiger partial charge >= 0.3 is 11.9 Å². The second-order valence-electron chi connectivity index (χ2n) is 8.05. The SMILES string of the molecule is CCOC(=O)Cn1c(C)c(C=C2SC(=Nc3cccc(C(=O)OCC)c3)N(C)C2=O)c2ccccc21. The molecule has 4 rings (SSSR count). The number of rotatable bonds is 7. The Labute approximate surface area is 213 Å². The highest BCUT2D eigenvalue weighted by molar-refractivity contribution is 8.18. The number of benzene rings is 2. The third-order valence-electron chi connectivity index (χ3n) is 5.73. The number of fused-ring (bicyclic) bond motifs is 1. The quantitative estimate of drug-likeness (QED) is 0.334. The summed E-state index contributed by atoms with van der Waals surface area (Å²) in [5, 5.41) is 1.44. The van der Waals surface area contributed by atoms with E-state index in [2.05, 4.69) is 4.99 Å². The topological polar surface area (TPSA) is 90.2 Å². The maximum Gasteiger partial charge on any atom is 0.338 e. The summed E-state index contributed by atoms with van der Waals surface area (Å²) in [5.41, 5.74) is 3.57. The molecule has 36 heavy (non-hydrogen) atoms. The smallest absolute Gasteiger partial charge is 0.338 e. The number of aliphatic imine (C=N–C) groups is 1. The number of para-hydroxylation sites is 1. The van der Waals surface area contributed by atoms with Crippen LogP contribution in [0.4, 0.5) is 5.69 Å². The molecule has 0 N–H and O–H groups in total. The van der Waals surface area contributed by atoms with E-state index < -0.39 is 5.97 Å². The van der Waals surface area contributed by atoms with Crippen LogP contribution in [-0.4, -0.2) is 52.7 Å². The van der Waals surface area contributed by atoms with Gasteiger partial charge in [0.1, 0.15) is 6.54 Å². The van der Waals surface area contributed by atoms with Crippen molar-refractivity contribution < 1.29 is 23.9 Å². The third-order valence-corrected chi connectivity index (χ3v) is 6.79. The zero-order chi connectivity index (χ0) is 25.8. The van der Waals surface area contributed by atoms with Crippen molar-refractivity contribution in [1.82, 2.24) is 9.47 Å². The number of esters is 2. The molecule has 2 heterocycles. The van der Waals surface area contributed by atoms with Crippen molar-refractivity contribution in [2.45, 2.75) is 27.3 Å². The number of amidine groups is 1. The van der Waals surface area contributed by atoms with Crippen LogP contribution < -0.4 is 0 Å². The summed E-state index contributed by atoms with van der Waals surface area (Å²) in [4.78, 5) is 44.0. The van der Waals surface area contributed by atoms with Crippen LogP contribution >= 0.6 is 11.8 Å². The Morgan fingerprint density at radius 1 is 1.06 bits per heavy atom. The van der Waals surface area contributed by atoms with Gasteiger partial charge in [0, 0.05) is 29.2 Å². The second-order valence-corrected chi connectivity index (χ2v) is 9.06. The van der Waals surface area contributed by atoms with E-state index >= 15 is 0 Å². The highest BCUT2D eigenvalue weighted by atomic mass is 32.2. The number of likely N-dealkylation sites (N-methyl/N-ethyl adjacent to an activating group) is 1. The lowest BCUT2D eigenvalue weighted by molar-refractivity contribution is -0.143. The number of nitrogens with zero attached hydrogens (tertiary/aromatic N) is 3. The first kappa shape index (κ1) is 25.2. The Bertz CT molecular complexity index is 1410.